The summed E-state index contributed by atoms with van der Waals surface area (Å²) in [6.45, 7) is 0. The predicted octanol–water partition coefficient (Wildman–Crippen LogP) is 1.45. The van der Waals surface area contributed by atoms with Gasteiger partial charge in [0.15, 0.2) is 0 Å². The van der Waals surface area contributed by atoms with E-state index in [1.807, 2.05) is 6.07 Å². The zero-order chi connectivity index (χ0) is 17.5. The molecular formula is C18H16FN3O2. The summed E-state index contributed by atoms with van der Waals surface area (Å²) in [7, 11) is 0. The minimum absolute atomic E-state index is 0.0558. The van der Waals surface area contributed by atoms with Crippen LogP contribution in [0.25, 0.3) is 0 Å². The first-order valence-electron chi connectivity index (χ1n) is 7.30. The molecule has 0 unspecified atom stereocenters. The molecule has 5 nitrogen and oxygen atoms in total. The van der Waals surface area contributed by atoms with Gasteiger partial charge in [-0.05, 0) is 35.4 Å². The van der Waals surface area contributed by atoms with Crippen molar-refractivity contribution in [2.45, 2.75) is 18.9 Å². The van der Waals surface area contributed by atoms with Gasteiger partial charge in [0.05, 0.1) is 18.1 Å². The lowest BCUT2D eigenvalue weighted by Crippen LogP contribution is -2.46. The van der Waals surface area contributed by atoms with Crippen molar-refractivity contribution in [1.82, 2.24) is 5.32 Å². The first-order chi connectivity index (χ1) is 11.5. The number of carbonyl (C=O) groups excluding carboxylic acids is 2. The standard InChI is InChI=1S/C18H16FN3O2/c19-15-6-2-4-13(8-15)10-17(23)22-16(18(21)24)9-12-3-1-5-14(7-12)11-20/h1-8,16H,9-10H2,(H2,21,24)(H,22,23)/t16-/m0/s1. The predicted molar refractivity (Wildman–Crippen MR) is 86.1 cm³/mol. The van der Waals surface area contributed by atoms with Gasteiger partial charge in [0, 0.05) is 6.42 Å². The number of nitrogens with one attached hydrogen (secondary N) is 1. The minimum Gasteiger partial charge on any atom is -0.368 e. The van der Waals surface area contributed by atoms with Crippen LogP contribution in [-0.4, -0.2) is 17.9 Å². The van der Waals surface area contributed by atoms with Gasteiger partial charge in [-0.1, -0.05) is 24.3 Å². The molecule has 0 aliphatic carbocycles. The fourth-order valence-corrected chi connectivity index (χ4v) is 2.30. The van der Waals surface area contributed by atoms with Gasteiger partial charge in [-0.25, -0.2) is 4.39 Å². The fraction of sp³-hybridized carbons (Fsp3) is 0.167. The molecule has 0 radical (unpaired) electrons. The smallest absolute Gasteiger partial charge is 0.240 e. The van der Waals surface area contributed by atoms with E-state index < -0.39 is 23.7 Å². The Labute approximate surface area is 138 Å². The van der Waals surface area contributed by atoms with Crippen LogP contribution in [0, 0.1) is 17.1 Å². The van der Waals surface area contributed by atoms with Crippen molar-refractivity contribution in [2.75, 3.05) is 0 Å². The van der Waals surface area contributed by atoms with Crippen molar-refractivity contribution < 1.29 is 14.0 Å². The number of nitrogens with zero attached hydrogens (tertiary/aromatic N) is 1. The van der Waals surface area contributed by atoms with E-state index in [1.54, 1.807) is 30.3 Å². The molecule has 0 spiro atoms. The fourth-order valence-electron chi connectivity index (χ4n) is 2.30. The van der Waals surface area contributed by atoms with Crippen molar-refractivity contribution in [3.8, 4) is 6.07 Å². The van der Waals surface area contributed by atoms with E-state index in [9.17, 15) is 14.0 Å². The second-order valence-electron chi connectivity index (χ2n) is 5.35. The molecule has 0 heterocycles. The first kappa shape index (κ1) is 17.2. The Morgan fingerprint density at radius 2 is 1.88 bits per heavy atom. The lowest BCUT2D eigenvalue weighted by atomic mass is 10.0. The summed E-state index contributed by atoms with van der Waals surface area (Å²) >= 11 is 0. The molecule has 6 heteroatoms. The molecule has 0 saturated carbocycles. The van der Waals surface area contributed by atoms with Gasteiger partial charge in [-0.3, -0.25) is 9.59 Å². The van der Waals surface area contributed by atoms with Crippen LogP contribution in [-0.2, 0) is 22.4 Å². The maximum absolute atomic E-state index is 13.1. The van der Waals surface area contributed by atoms with Gasteiger partial charge in [-0.2, -0.15) is 5.26 Å². The molecule has 3 N–H and O–H groups in total. The Balaban J connectivity index is 2.04. The number of hydrogen-bond acceptors (Lipinski definition) is 3. The van der Waals surface area contributed by atoms with E-state index >= 15 is 0 Å². The summed E-state index contributed by atoms with van der Waals surface area (Å²) in [5.74, 6) is -1.54. The van der Waals surface area contributed by atoms with Crippen LogP contribution < -0.4 is 11.1 Å². The third kappa shape index (κ3) is 4.92. The van der Waals surface area contributed by atoms with Crippen LogP contribution >= 0.6 is 0 Å². The van der Waals surface area contributed by atoms with Gasteiger partial charge >= 0.3 is 0 Å². The van der Waals surface area contributed by atoms with E-state index in [-0.39, 0.29) is 12.8 Å². The van der Waals surface area contributed by atoms with Gasteiger partial charge in [0.25, 0.3) is 0 Å². The third-order valence-electron chi connectivity index (χ3n) is 3.43. The number of nitriles is 1. The van der Waals surface area contributed by atoms with Crippen molar-refractivity contribution in [2.24, 2.45) is 5.73 Å². The lowest BCUT2D eigenvalue weighted by Gasteiger charge is -2.16. The number of carbonyl (C=O) groups is 2. The zero-order valence-electron chi connectivity index (χ0n) is 12.8. The third-order valence-corrected chi connectivity index (χ3v) is 3.43. The minimum atomic E-state index is -0.903. The largest absolute Gasteiger partial charge is 0.368 e. The van der Waals surface area contributed by atoms with Crippen molar-refractivity contribution in [1.29, 1.82) is 5.26 Å². The van der Waals surface area contributed by atoms with Gasteiger partial charge < -0.3 is 11.1 Å². The number of halogens is 1. The van der Waals surface area contributed by atoms with Crippen molar-refractivity contribution in [3.05, 3.63) is 71.0 Å². The Morgan fingerprint density at radius 3 is 2.54 bits per heavy atom. The summed E-state index contributed by atoms with van der Waals surface area (Å²) in [4.78, 5) is 23.6. The van der Waals surface area contributed by atoms with Gasteiger partial charge in [0.1, 0.15) is 11.9 Å². The maximum Gasteiger partial charge on any atom is 0.240 e. The topological polar surface area (TPSA) is 96.0 Å². The molecule has 0 bridgehead atoms. The highest BCUT2D eigenvalue weighted by Crippen LogP contribution is 2.08. The number of rotatable bonds is 6. The zero-order valence-corrected chi connectivity index (χ0v) is 12.8. The van der Waals surface area contributed by atoms with Crippen LogP contribution in [0.3, 0.4) is 0 Å². The average Bonchev–Trinajstić information content (AvgIpc) is 2.54. The highest BCUT2D eigenvalue weighted by molar-refractivity contribution is 5.87. The molecule has 1 atom stereocenters. The molecule has 2 rings (SSSR count). The molecular weight excluding hydrogens is 309 g/mol. The average molecular weight is 325 g/mol. The van der Waals surface area contributed by atoms with E-state index in [1.165, 1.54) is 18.2 Å². The van der Waals surface area contributed by atoms with E-state index in [0.29, 0.717) is 16.7 Å². The van der Waals surface area contributed by atoms with Crippen LogP contribution in [0.2, 0.25) is 0 Å². The SMILES string of the molecule is N#Cc1cccc(C[C@H](NC(=O)Cc2cccc(F)c2)C(N)=O)c1. The Morgan fingerprint density at radius 1 is 1.17 bits per heavy atom. The number of hydrogen-bond donors (Lipinski definition) is 2. The van der Waals surface area contributed by atoms with Crippen molar-refractivity contribution >= 4 is 11.8 Å². The molecule has 2 aromatic rings. The molecule has 24 heavy (non-hydrogen) atoms. The molecule has 122 valence electrons. The Hall–Kier alpha value is -3.20. The summed E-state index contributed by atoms with van der Waals surface area (Å²) < 4.78 is 13.1. The summed E-state index contributed by atoms with van der Waals surface area (Å²) in [5, 5.41) is 11.4. The van der Waals surface area contributed by atoms with Crippen molar-refractivity contribution in [3.63, 3.8) is 0 Å². The maximum atomic E-state index is 13.1. The summed E-state index contributed by atoms with van der Waals surface area (Å²) in [6, 6.07) is 13.5. The molecule has 0 aliphatic heterocycles. The molecule has 0 fully saturated rings. The number of primary amides is 1. The quantitative estimate of drug-likeness (QED) is 0.841. The number of amides is 2. The molecule has 2 amide bonds. The van der Waals surface area contributed by atoms with E-state index in [2.05, 4.69) is 5.32 Å². The second-order valence-corrected chi connectivity index (χ2v) is 5.35. The normalized spacial score (nSPS) is 11.3. The van der Waals surface area contributed by atoms with E-state index in [0.717, 1.165) is 0 Å². The molecule has 0 aliphatic rings. The number of benzene rings is 2. The summed E-state index contributed by atoms with van der Waals surface area (Å²) in [5.41, 5.74) is 7.02. The first-order valence-corrected chi connectivity index (χ1v) is 7.30. The Kier molecular flexibility index (Phi) is 5.63. The van der Waals surface area contributed by atoms with Crippen LogP contribution in [0.1, 0.15) is 16.7 Å². The van der Waals surface area contributed by atoms with Gasteiger partial charge in [0.2, 0.25) is 11.8 Å². The van der Waals surface area contributed by atoms with Crippen LogP contribution in [0.15, 0.2) is 48.5 Å². The number of nitrogens with two attached hydrogens (primary N) is 1. The molecule has 2 aromatic carbocycles. The highest BCUT2D eigenvalue weighted by Gasteiger charge is 2.19. The summed E-state index contributed by atoms with van der Waals surface area (Å²) in [6.07, 6.45) is 0.125. The second kappa shape index (κ2) is 7.88. The molecule has 0 saturated heterocycles. The highest BCUT2D eigenvalue weighted by atomic mass is 19.1. The van der Waals surface area contributed by atoms with Crippen LogP contribution in [0.5, 0.6) is 0 Å². The lowest BCUT2D eigenvalue weighted by molar-refractivity contribution is -0.127. The van der Waals surface area contributed by atoms with Crippen LogP contribution in [0.4, 0.5) is 4.39 Å². The molecule has 0 aromatic heterocycles. The van der Waals surface area contributed by atoms with E-state index in [4.69, 9.17) is 11.0 Å². The Bertz CT molecular complexity index is 799. The van der Waals surface area contributed by atoms with Gasteiger partial charge in [-0.15, -0.1) is 0 Å². The monoisotopic (exact) mass is 325 g/mol.